The molecular weight excluding hydrogens is 156 g/mol. The van der Waals surface area contributed by atoms with Crippen molar-refractivity contribution in [3.05, 3.63) is 24.0 Å². The molecule has 62 valence electrons. The van der Waals surface area contributed by atoms with Crippen molar-refractivity contribution < 1.29 is 5.11 Å². The topological polar surface area (TPSA) is 76.4 Å². The molecule has 0 atom stereocenters. The molecule has 0 saturated heterocycles. The van der Waals surface area contributed by atoms with E-state index >= 15 is 0 Å². The molecule has 0 spiro atoms. The predicted octanol–water partition coefficient (Wildman–Crippen LogP) is -0.106. The van der Waals surface area contributed by atoms with Gasteiger partial charge in [-0.2, -0.15) is 9.61 Å². The minimum Gasteiger partial charge on any atom is -0.493 e. The molecule has 0 unspecified atom stereocenters. The predicted molar refractivity (Wildman–Crippen MR) is 42.5 cm³/mol. The van der Waals surface area contributed by atoms with Crippen molar-refractivity contribution in [2.24, 2.45) is 5.73 Å². The Kier molecular flexibility index (Phi) is 1.44. The van der Waals surface area contributed by atoms with Crippen LogP contribution in [0.3, 0.4) is 0 Å². The van der Waals surface area contributed by atoms with E-state index < -0.39 is 0 Å². The highest BCUT2D eigenvalue weighted by molar-refractivity contribution is 5.40. The van der Waals surface area contributed by atoms with Gasteiger partial charge in [-0.15, -0.1) is 0 Å². The molecule has 2 aromatic heterocycles. The zero-order valence-electron chi connectivity index (χ0n) is 6.31. The second-order valence-electron chi connectivity index (χ2n) is 2.41. The van der Waals surface area contributed by atoms with E-state index in [1.165, 1.54) is 10.6 Å². The summed E-state index contributed by atoms with van der Waals surface area (Å²) in [4.78, 5) is 4.13. The van der Waals surface area contributed by atoms with Gasteiger partial charge in [-0.05, 0) is 0 Å². The average molecular weight is 164 g/mol. The van der Waals surface area contributed by atoms with Crippen molar-refractivity contribution in [3.63, 3.8) is 0 Å². The van der Waals surface area contributed by atoms with Crippen LogP contribution >= 0.6 is 0 Å². The largest absolute Gasteiger partial charge is 0.493 e. The zero-order chi connectivity index (χ0) is 8.55. The van der Waals surface area contributed by atoms with E-state index in [4.69, 9.17) is 5.73 Å². The number of fused-ring (bicyclic) bond motifs is 1. The summed E-state index contributed by atoms with van der Waals surface area (Å²) in [5.41, 5.74) is 6.64. The summed E-state index contributed by atoms with van der Waals surface area (Å²) >= 11 is 0. The van der Waals surface area contributed by atoms with Crippen molar-refractivity contribution in [2.45, 2.75) is 6.54 Å². The maximum atomic E-state index is 9.38. The highest BCUT2D eigenvalue weighted by atomic mass is 16.3. The maximum absolute atomic E-state index is 9.38. The van der Waals surface area contributed by atoms with Crippen LogP contribution in [-0.2, 0) is 6.54 Å². The van der Waals surface area contributed by atoms with Crippen LogP contribution in [0.4, 0.5) is 0 Å². The van der Waals surface area contributed by atoms with Gasteiger partial charge in [-0.25, -0.2) is 4.98 Å². The number of aromatic nitrogens is 3. The minimum absolute atomic E-state index is 0.0606. The van der Waals surface area contributed by atoms with E-state index in [9.17, 15) is 5.11 Å². The van der Waals surface area contributed by atoms with Gasteiger partial charge in [-0.3, -0.25) is 0 Å². The number of aromatic hydroxyl groups is 1. The van der Waals surface area contributed by atoms with Crippen LogP contribution in [0.1, 0.15) is 5.69 Å². The Hall–Kier alpha value is -1.62. The smallest absolute Gasteiger partial charge is 0.215 e. The fraction of sp³-hybridized carbons (Fsp3) is 0.143. The Morgan fingerprint density at radius 2 is 2.42 bits per heavy atom. The van der Waals surface area contributed by atoms with Crippen molar-refractivity contribution >= 4 is 5.65 Å². The molecule has 0 amide bonds. The van der Waals surface area contributed by atoms with Crippen molar-refractivity contribution in [1.82, 2.24) is 14.6 Å². The first-order chi connectivity index (χ1) is 5.81. The molecular formula is C7H8N4O. The summed E-state index contributed by atoms with van der Waals surface area (Å²) in [5, 5.41) is 13.2. The molecule has 12 heavy (non-hydrogen) atoms. The SMILES string of the molecule is NCc1cc(O)n2nccc2n1. The Morgan fingerprint density at radius 3 is 3.17 bits per heavy atom. The van der Waals surface area contributed by atoms with Crippen molar-refractivity contribution in [1.29, 1.82) is 0 Å². The lowest BCUT2D eigenvalue weighted by atomic mass is 10.4. The zero-order valence-corrected chi connectivity index (χ0v) is 6.31. The Balaban J connectivity index is 2.75. The molecule has 5 nitrogen and oxygen atoms in total. The van der Waals surface area contributed by atoms with Gasteiger partial charge in [0.25, 0.3) is 0 Å². The molecule has 3 N–H and O–H groups in total. The van der Waals surface area contributed by atoms with Gasteiger partial charge in [0, 0.05) is 18.7 Å². The third-order valence-electron chi connectivity index (χ3n) is 1.60. The Morgan fingerprint density at radius 1 is 1.58 bits per heavy atom. The highest BCUT2D eigenvalue weighted by Gasteiger charge is 2.02. The summed E-state index contributed by atoms with van der Waals surface area (Å²) in [6.45, 7) is 0.315. The molecule has 0 bridgehead atoms. The van der Waals surface area contributed by atoms with Gasteiger partial charge < -0.3 is 10.8 Å². The highest BCUT2D eigenvalue weighted by Crippen LogP contribution is 2.11. The Labute approximate surface area is 68.5 Å². The molecule has 2 heterocycles. The first-order valence-corrected chi connectivity index (χ1v) is 3.54. The summed E-state index contributed by atoms with van der Waals surface area (Å²) in [7, 11) is 0. The molecule has 0 saturated carbocycles. The fourth-order valence-electron chi connectivity index (χ4n) is 1.05. The number of nitrogens with two attached hydrogens (primary N) is 1. The molecule has 2 rings (SSSR count). The number of rotatable bonds is 1. The molecule has 5 heteroatoms. The molecule has 0 aromatic carbocycles. The standard InChI is InChI=1S/C7H8N4O/c8-4-5-3-7(12)11-6(10-5)1-2-9-11/h1-3,12H,4,8H2. The normalized spacial score (nSPS) is 10.8. The van der Waals surface area contributed by atoms with E-state index in [1.807, 2.05) is 0 Å². The van der Waals surface area contributed by atoms with E-state index in [-0.39, 0.29) is 5.88 Å². The van der Waals surface area contributed by atoms with Crippen LogP contribution in [-0.4, -0.2) is 19.7 Å². The first-order valence-electron chi connectivity index (χ1n) is 3.54. The van der Waals surface area contributed by atoms with Crippen LogP contribution < -0.4 is 5.73 Å². The third-order valence-corrected chi connectivity index (χ3v) is 1.60. The molecule has 0 radical (unpaired) electrons. The molecule has 0 aliphatic rings. The molecule has 0 aliphatic carbocycles. The number of hydrogen-bond donors (Lipinski definition) is 2. The second-order valence-corrected chi connectivity index (χ2v) is 2.41. The van der Waals surface area contributed by atoms with Gasteiger partial charge in [0.1, 0.15) is 0 Å². The maximum Gasteiger partial charge on any atom is 0.215 e. The van der Waals surface area contributed by atoms with Gasteiger partial charge in [-0.1, -0.05) is 0 Å². The summed E-state index contributed by atoms with van der Waals surface area (Å²) < 4.78 is 1.35. The Bertz CT molecular complexity index is 409. The quantitative estimate of drug-likeness (QED) is 0.616. The van der Waals surface area contributed by atoms with E-state index in [0.29, 0.717) is 17.9 Å². The summed E-state index contributed by atoms with van der Waals surface area (Å²) in [6, 6.07) is 3.21. The van der Waals surface area contributed by atoms with Crippen LogP contribution in [0, 0.1) is 0 Å². The van der Waals surface area contributed by atoms with Crippen LogP contribution in [0.15, 0.2) is 18.3 Å². The van der Waals surface area contributed by atoms with Crippen molar-refractivity contribution in [2.75, 3.05) is 0 Å². The van der Waals surface area contributed by atoms with E-state index in [1.54, 1.807) is 12.3 Å². The van der Waals surface area contributed by atoms with Crippen molar-refractivity contribution in [3.8, 4) is 5.88 Å². The van der Waals surface area contributed by atoms with Gasteiger partial charge in [0.05, 0.1) is 11.9 Å². The average Bonchev–Trinajstić information content (AvgIpc) is 2.52. The number of nitrogens with zero attached hydrogens (tertiary/aromatic N) is 3. The molecule has 0 aliphatic heterocycles. The lowest BCUT2D eigenvalue weighted by Crippen LogP contribution is -2.01. The van der Waals surface area contributed by atoms with E-state index in [0.717, 1.165) is 0 Å². The van der Waals surface area contributed by atoms with E-state index in [2.05, 4.69) is 10.1 Å². The van der Waals surface area contributed by atoms with Gasteiger partial charge in [0.2, 0.25) is 5.88 Å². The van der Waals surface area contributed by atoms with Gasteiger partial charge >= 0.3 is 0 Å². The lowest BCUT2D eigenvalue weighted by Gasteiger charge is -1.99. The first kappa shape index (κ1) is 7.05. The van der Waals surface area contributed by atoms with Gasteiger partial charge in [0.15, 0.2) is 5.65 Å². The number of hydrogen-bond acceptors (Lipinski definition) is 4. The monoisotopic (exact) mass is 164 g/mol. The lowest BCUT2D eigenvalue weighted by molar-refractivity contribution is 0.434. The summed E-state index contributed by atoms with van der Waals surface area (Å²) in [6.07, 6.45) is 1.57. The van der Waals surface area contributed by atoms with Crippen LogP contribution in [0.2, 0.25) is 0 Å². The van der Waals surface area contributed by atoms with Crippen LogP contribution in [0.25, 0.3) is 5.65 Å². The van der Waals surface area contributed by atoms with Crippen LogP contribution in [0.5, 0.6) is 5.88 Å². The molecule has 0 fully saturated rings. The molecule has 2 aromatic rings. The second kappa shape index (κ2) is 2.46. The third kappa shape index (κ3) is 0.911. The summed E-state index contributed by atoms with van der Waals surface area (Å²) in [5.74, 6) is 0.0606. The minimum atomic E-state index is 0.0606. The fourth-order valence-corrected chi connectivity index (χ4v) is 1.05.